The van der Waals surface area contributed by atoms with Crippen molar-refractivity contribution in [2.24, 2.45) is 0 Å². The molecule has 0 saturated carbocycles. The normalized spacial score (nSPS) is 11.1. The third-order valence-electron chi connectivity index (χ3n) is 3.71. The van der Waals surface area contributed by atoms with Gasteiger partial charge in [-0.05, 0) is 36.3 Å². The largest absolute Gasteiger partial charge is 0.497 e. The number of rotatable bonds is 4. The second kappa shape index (κ2) is 7.12. The van der Waals surface area contributed by atoms with Crippen LogP contribution in [0.4, 0.5) is 0 Å². The Labute approximate surface area is 145 Å². The van der Waals surface area contributed by atoms with Crippen LogP contribution in [0.25, 0.3) is 22.9 Å². The number of allylic oxidation sites excluding steroid dienone is 1. The summed E-state index contributed by atoms with van der Waals surface area (Å²) >= 11 is 1.47. The maximum absolute atomic E-state index is 9.52. The molecule has 0 amide bonds. The van der Waals surface area contributed by atoms with E-state index in [1.54, 1.807) is 7.11 Å². The summed E-state index contributed by atoms with van der Waals surface area (Å²) < 4.78 is 5.26. The summed E-state index contributed by atoms with van der Waals surface area (Å²) in [7, 11) is 1.64. The van der Waals surface area contributed by atoms with Gasteiger partial charge in [-0.25, -0.2) is 4.98 Å². The van der Waals surface area contributed by atoms with Crippen molar-refractivity contribution in [3.8, 4) is 23.1 Å². The zero-order valence-corrected chi connectivity index (χ0v) is 14.3. The highest BCUT2D eigenvalue weighted by atomic mass is 32.1. The predicted octanol–water partition coefficient (Wildman–Crippen LogP) is 5.19. The van der Waals surface area contributed by atoms with Crippen LogP contribution in [0.5, 0.6) is 5.75 Å². The molecule has 0 unspecified atom stereocenters. The highest BCUT2D eigenvalue weighted by molar-refractivity contribution is 7.11. The lowest BCUT2D eigenvalue weighted by molar-refractivity contribution is 0.415. The standard InChI is InChI=1S/C20H16N2OS/c1-14-6-3-4-7-15(14)10-17(12-21)20-22-19(13-24-20)16-8-5-9-18(11-16)23-2/h3-11,13H,1-2H3. The third kappa shape index (κ3) is 3.37. The number of thiazole rings is 1. The van der Waals surface area contributed by atoms with Crippen LogP contribution in [-0.4, -0.2) is 12.1 Å². The van der Waals surface area contributed by atoms with Gasteiger partial charge >= 0.3 is 0 Å². The average molecular weight is 332 g/mol. The van der Waals surface area contributed by atoms with Gasteiger partial charge in [-0.2, -0.15) is 5.26 Å². The van der Waals surface area contributed by atoms with Crippen molar-refractivity contribution in [1.29, 1.82) is 5.26 Å². The van der Waals surface area contributed by atoms with Gasteiger partial charge in [-0.15, -0.1) is 11.3 Å². The molecule has 0 spiro atoms. The summed E-state index contributed by atoms with van der Waals surface area (Å²) in [5.74, 6) is 0.790. The smallest absolute Gasteiger partial charge is 0.134 e. The Morgan fingerprint density at radius 2 is 2.04 bits per heavy atom. The second-order valence-corrected chi connectivity index (χ2v) is 6.15. The van der Waals surface area contributed by atoms with Crippen molar-refractivity contribution in [1.82, 2.24) is 4.98 Å². The molecule has 3 rings (SSSR count). The minimum atomic E-state index is 0.573. The highest BCUT2D eigenvalue weighted by Gasteiger charge is 2.10. The van der Waals surface area contributed by atoms with E-state index in [0.717, 1.165) is 33.1 Å². The number of aromatic nitrogens is 1. The van der Waals surface area contributed by atoms with E-state index in [-0.39, 0.29) is 0 Å². The van der Waals surface area contributed by atoms with Crippen molar-refractivity contribution in [3.05, 3.63) is 70.0 Å². The molecule has 3 aromatic rings. The van der Waals surface area contributed by atoms with Crippen LogP contribution in [0.15, 0.2) is 53.9 Å². The molecule has 0 aliphatic carbocycles. The molecular weight excluding hydrogens is 316 g/mol. The van der Waals surface area contributed by atoms with Gasteiger partial charge in [-0.1, -0.05) is 36.4 Å². The van der Waals surface area contributed by atoms with Crippen molar-refractivity contribution in [2.45, 2.75) is 6.92 Å². The lowest BCUT2D eigenvalue weighted by atomic mass is 10.1. The van der Waals surface area contributed by atoms with Crippen molar-refractivity contribution in [2.75, 3.05) is 7.11 Å². The van der Waals surface area contributed by atoms with Crippen molar-refractivity contribution >= 4 is 23.0 Å². The highest BCUT2D eigenvalue weighted by Crippen LogP contribution is 2.29. The molecule has 0 aliphatic heterocycles. The molecule has 0 radical (unpaired) electrons. The molecule has 4 heteroatoms. The van der Waals surface area contributed by atoms with Gasteiger partial charge in [0.15, 0.2) is 0 Å². The summed E-state index contributed by atoms with van der Waals surface area (Å²) in [6.45, 7) is 2.03. The maximum Gasteiger partial charge on any atom is 0.134 e. The topological polar surface area (TPSA) is 45.9 Å². The van der Waals surface area contributed by atoms with Crippen LogP contribution >= 0.6 is 11.3 Å². The molecule has 2 aromatic carbocycles. The fourth-order valence-electron chi connectivity index (χ4n) is 2.36. The Bertz CT molecular complexity index is 935. The zero-order valence-electron chi connectivity index (χ0n) is 13.5. The summed E-state index contributed by atoms with van der Waals surface area (Å²) in [5, 5.41) is 12.2. The monoisotopic (exact) mass is 332 g/mol. The molecule has 0 bridgehead atoms. The van der Waals surface area contributed by atoms with E-state index in [1.165, 1.54) is 11.3 Å². The Balaban J connectivity index is 1.97. The number of nitriles is 1. The number of hydrogen-bond donors (Lipinski definition) is 0. The van der Waals surface area contributed by atoms with Crippen LogP contribution in [0.1, 0.15) is 16.1 Å². The summed E-state index contributed by atoms with van der Waals surface area (Å²) in [6.07, 6.45) is 1.89. The molecule has 0 atom stereocenters. The fourth-order valence-corrected chi connectivity index (χ4v) is 3.15. The molecule has 0 N–H and O–H groups in total. The molecule has 24 heavy (non-hydrogen) atoms. The van der Waals surface area contributed by atoms with E-state index < -0.39 is 0 Å². The van der Waals surface area contributed by atoms with E-state index >= 15 is 0 Å². The van der Waals surface area contributed by atoms with E-state index in [1.807, 2.05) is 66.9 Å². The van der Waals surface area contributed by atoms with Gasteiger partial charge in [-0.3, -0.25) is 0 Å². The lowest BCUT2D eigenvalue weighted by Gasteiger charge is -2.02. The number of hydrogen-bond acceptors (Lipinski definition) is 4. The number of aryl methyl sites for hydroxylation is 1. The first-order valence-electron chi connectivity index (χ1n) is 7.49. The SMILES string of the molecule is COc1cccc(-c2csc(C(C#N)=Cc3ccccc3C)n2)c1. The molecule has 3 nitrogen and oxygen atoms in total. The molecule has 0 aliphatic rings. The van der Waals surface area contributed by atoms with Gasteiger partial charge in [0, 0.05) is 10.9 Å². The lowest BCUT2D eigenvalue weighted by Crippen LogP contribution is -1.86. The quantitative estimate of drug-likeness (QED) is 0.618. The molecule has 118 valence electrons. The predicted molar refractivity (Wildman–Crippen MR) is 98.8 cm³/mol. The van der Waals surface area contributed by atoms with E-state index in [2.05, 4.69) is 11.1 Å². The van der Waals surface area contributed by atoms with Crippen LogP contribution < -0.4 is 4.74 Å². The van der Waals surface area contributed by atoms with Gasteiger partial charge in [0.05, 0.1) is 18.4 Å². The first kappa shape index (κ1) is 16.0. The number of methoxy groups -OCH3 is 1. The van der Waals surface area contributed by atoms with E-state index in [0.29, 0.717) is 5.57 Å². The Kier molecular flexibility index (Phi) is 4.74. The van der Waals surface area contributed by atoms with E-state index in [4.69, 9.17) is 4.74 Å². The van der Waals surface area contributed by atoms with Crippen LogP contribution in [0, 0.1) is 18.3 Å². The van der Waals surface area contributed by atoms with Crippen LogP contribution in [0.2, 0.25) is 0 Å². The first-order valence-corrected chi connectivity index (χ1v) is 8.37. The molecule has 1 heterocycles. The Morgan fingerprint density at radius 1 is 1.21 bits per heavy atom. The number of ether oxygens (including phenoxy) is 1. The average Bonchev–Trinajstić information content (AvgIpc) is 3.11. The number of nitrogens with zero attached hydrogens (tertiary/aromatic N) is 2. The number of benzene rings is 2. The maximum atomic E-state index is 9.52. The van der Waals surface area contributed by atoms with E-state index in [9.17, 15) is 5.26 Å². The second-order valence-electron chi connectivity index (χ2n) is 5.30. The van der Waals surface area contributed by atoms with Crippen LogP contribution in [0.3, 0.4) is 0 Å². The van der Waals surface area contributed by atoms with Gasteiger partial charge in [0.25, 0.3) is 0 Å². The summed E-state index contributed by atoms with van der Waals surface area (Å²) in [4.78, 5) is 4.63. The zero-order chi connectivity index (χ0) is 16.9. The van der Waals surface area contributed by atoms with Gasteiger partial charge in [0.2, 0.25) is 0 Å². The molecule has 0 fully saturated rings. The minimum Gasteiger partial charge on any atom is -0.497 e. The molecular formula is C20H16N2OS. The van der Waals surface area contributed by atoms with Crippen molar-refractivity contribution < 1.29 is 4.74 Å². The molecule has 0 saturated heterocycles. The first-order chi connectivity index (χ1) is 11.7. The third-order valence-corrected chi connectivity index (χ3v) is 4.58. The van der Waals surface area contributed by atoms with Gasteiger partial charge in [0.1, 0.15) is 16.8 Å². The Morgan fingerprint density at radius 3 is 2.79 bits per heavy atom. The fraction of sp³-hybridized carbons (Fsp3) is 0.100. The van der Waals surface area contributed by atoms with Crippen molar-refractivity contribution in [3.63, 3.8) is 0 Å². The molecule has 1 aromatic heterocycles. The van der Waals surface area contributed by atoms with Gasteiger partial charge < -0.3 is 4.74 Å². The summed E-state index contributed by atoms with van der Waals surface area (Å²) in [5.41, 5.74) is 4.57. The minimum absolute atomic E-state index is 0.573. The summed E-state index contributed by atoms with van der Waals surface area (Å²) in [6, 6.07) is 18.0. The Hall–Kier alpha value is -2.90. The van der Waals surface area contributed by atoms with Crippen LogP contribution in [-0.2, 0) is 0 Å².